The van der Waals surface area contributed by atoms with Crippen molar-refractivity contribution in [2.45, 2.75) is 51.5 Å². The molecule has 0 amide bonds. The molecule has 0 spiro atoms. The lowest BCUT2D eigenvalue weighted by Gasteiger charge is -2.23. The van der Waals surface area contributed by atoms with E-state index in [0.717, 1.165) is 12.5 Å². The normalized spacial score (nSPS) is 13.2. The van der Waals surface area contributed by atoms with Crippen molar-refractivity contribution in [3.8, 4) is 0 Å². The smallest absolute Gasteiger partial charge is 0.00921 e. The van der Waals surface area contributed by atoms with E-state index in [-0.39, 0.29) is 0 Å². The van der Waals surface area contributed by atoms with Crippen LogP contribution in [-0.4, -0.2) is 25.0 Å². The third-order valence-corrected chi connectivity index (χ3v) is 2.58. The Morgan fingerprint density at radius 1 is 1.23 bits per heavy atom. The van der Waals surface area contributed by atoms with Crippen LogP contribution >= 0.6 is 0 Å². The van der Waals surface area contributed by atoms with Crippen molar-refractivity contribution < 1.29 is 0 Å². The molecular formula is C12H25N. The number of rotatable bonds is 8. The van der Waals surface area contributed by atoms with Crippen LogP contribution in [-0.2, 0) is 0 Å². The van der Waals surface area contributed by atoms with Crippen molar-refractivity contribution in [2.24, 2.45) is 0 Å². The Bertz CT molecular complexity index is 118. The Morgan fingerprint density at radius 2 is 1.92 bits per heavy atom. The van der Waals surface area contributed by atoms with Gasteiger partial charge in [-0.15, -0.1) is 6.58 Å². The summed E-state index contributed by atoms with van der Waals surface area (Å²) < 4.78 is 0. The molecule has 0 aromatic rings. The Labute approximate surface area is 83.8 Å². The van der Waals surface area contributed by atoms with Gasteiger partial charge in [-0.1, -0.05) is 32.3 Å². The third kappa shape index (κ3) is 6.83. The van der Waals surface area contributed by atoms with Gasteiger partial charge in [-0.25, -0.2) is 0 Å². The second-order valence-electron chi connectivity index (χ2n) is 3.98. The molecule has 1 atom stereocenters. The van der Waals surface area contributed by atoms with E-state index < -0.39 is 0 Å². The van der Waals surface area contributed by atoms with Crippen LogP contribution in [0.1, 0.15) is 45.4 Å². The summed E-state index contributed by atoms with van der Waals surface area (Å²) in [6.45, 7) is 6.03. The van der Waals surface area contributed by atoms with Crippen molar-refractivity contribution in [2.75, 3.05) is 14.1 Å². The molecule has 0 N–H and O–H groups in total. The van der Waals surface area contributed by atoms with E-state index in [0.29, 0.717) is 0 Å². The third-order valence-electron chi connectivity index (χ3n) is 2.58. The van der Waals surface area contributed by atoms with Gasteiger partial charge in [0.1, 0.15) is 0 Å². The highest BCUT2D eigenvalue weighted by atomic mass is 15.1. The predicted octanol–water partition coefficient (Wildman–Crippen LogP) is 3.46. The second kappa shape index (κ2) is 8.31. The van der Waals surface area contributed by atoms with Crippen LogP contribution in [0.3, 0.4) is 0 Å². The number of unbranched alkanes of at least 4 members (excludes halogenated alkanes) is 2. The zero-order valence-electron chi connectivity index (χ0n) is 9.55. The summed E-state index contributed by atoms with van der Waals surface area (Å²) in [7, 11) is 4.36. The van der Waals surface area contributed by atoms with E-state index in [4.69, 9.17) is 0 Å². The number of hydrogen-bond donors (Lipinski definition) is 0. The lowest BCUT2D eigenvalue weighted by atomic mass is 10.0. The maximum Gasteiger partial charge on any atom is 0.00921 e. The molecule has 0 aliphatic heterocycles. The Morgan fingerprint density at radius 3 is 2.38 bits per heavy atom. The first kappa shape index (κ1) is 12.7. The van der Waals surface area contributed by atoms with Gasteiger partial charge >= 0.3 is 0 Å². The maximum atomic E-state index is 3.77. The first-order chi connectivity index (χ1) is 6.22. The second-order valence-corrected chi connectivity index (χ2v) is 3.98. The molecule has 1 unspecified atom stereocenters. The van der Waals surface area contributed by atoms with Crippen LogP contribution in [0.5, 0.6) is 0 Å². The van der Waals surface area contributed by atoms with Crippen LogP contribution in [0.2, 0.25) is 0 Å². The maximum absolute atomic E-state index is 3.77. The zero-order chi connectivity index (χ0) is 10.1. The van der Waals surface area contributed by atoms with Crippen molar-refractivity contribution in [1.29, 1.82) is 0 Å². The molecule has 0 saturated carbocycles. The fourth-order valence-electron chi connectivity index (χ4n) is 1.60. The minimum Gasteiger partial charge on any atom is -0.306 e. The summed E-state index contributed by atoms with van der Waals surface area (Å²) in [5.41, 5.74) is 0. The van der Waals surface area contributed by atoms with Crippen molar-refractivity contribution in [3.05, 3.63) is 12.7 Å². The summed E-state index contributed by atoms with van der Waals surface area (Å²) in [6.07, 6.45) is 9.84. The van der Waals surface area contributed by atoms with Gasteiger partial charge in [0.2, 0.25) is 0 Å². The molecule has 0 aliphatic rings. The molecule has 13 heavy (non-hydrogen) atoms. The monoisotopic (exact) mass is 183 g/mol. The summed E-state index contributed by atoms with van der Waals surface area (Å²) in [4.78, 5) is 2.35. The molecule has 0 rings (SSSR count). The molecular weight excluding hydrogens is 158 g/mol. The lowest BCUT2D eigenvalue weighted by molar-refractivity contribution is 0.259. The fourth-order valence-corrected chi connectivity index (χ4v) is 1.60. The first-order valence-electron chi connectivity index (χ1n) is 5.49. The highest BCUT2D eigenvalue weighted by Crippen LogP contribution is 2.12. The van der Waals surface area contributed by atoms with Crippen LogP contribution in [0, 0.1) is 0 Å². The van der Waals surface area contributed by atoms with Gasteiger partial charge in [0, 0.05) is 6.04 Å². The van der Waals surface area contributed by atoms with Crippen LogP contribution in [0.25, 0.3) is 0 Å². The summed E-state index contributed by atoms with van der Waals surface area (Å²) in [6, 6.07) is 0.754. The fraction of sp³-hybridized carbons (Fsp3) is 0.833. The molecule has 1 nitrogen and oxygen atoms in total. The molecule has 0 aliphatic carbocycles. The Kier molecular flexibility index (Phi) is 8.11. The molecule has 0 bridgehead atoms. The SMILES string of the molecule is C=CCCC(CCCCC)N(C)C. The van der Waals surface area contributed by atoms with Gasteiger partial charge in [0.15, 0.2) is 0 Å². The summed E-state index contributed by atoms with van der Waals surface area (Å²) >= 11 is 0. The van der Waals surface area contributed by atoms with E-state index in [1.165, 1.54) is 32.1 Å². The van der Waals surface area contributed by atoms with Crippen LogP contribution < -0.4 is 0 Å². The van der Waals surface area contributed by atoms with Crippen molar-refractivity contribution in [3.63, 3.8) is 0 Å². The first-order valence-corrected chi connectivity index (χ1v) is 5.49. The quantitative estimate of drug-likeness (QED) is 0.411. The van der Waals surface area contributed by atoms with Gasteiger partial charge < -0.3 is 4.90 Å². The zero-order valence-corrected chi connectivity index (χ0v) is 9.55. The number of allylic oxidation sites excluding steroid dienone is 1. The molecule has 1 heteroatoms. The average molecular weight is 183 g/mol. The Hall–Kier alpha value is -0.300. The van der Waals surface area contributed by atoms with Gasteiger partial charge in [-0.3, -0.25) is 0 Å². The molecule has 78 valence electrons. The molecule has 0 saturated heterocycles. The lowest BCUT2D eigenvalue weighted by Crippen LogP contribution is -2.27. The highest BCUT2D eigenvalue weighted by molar-refractivity contribution is 4.73. The Balaban J connectivity index is 3.60. The van der Waals surface area contributed by atoms with E-state index in [1.54, 1.807) is 0 Å². The largest absolute Gasteiger partial charge is 0.306 e. The summed E-state index contributed by atoms with van der Waals surface area (Å²) in [5, 5.41) is 0. The van der Waals surface area contributed by atoms with Crippen molar-refractivity contribution >= 4 is 0 Å². The molecule has 0 radical (unpaired) electrons. The minimum absolute atomic E-state index is 0.754. The molecule has 0 aromatic heterocycles. The average Bonchev–Trinajstić information content (AvgIpc) is 2.10. The van der Waals surface area contributed by atoms with E-state index in [9.17, 15) is 0 Å². The molecule has 0 aromatic carbocycles. The van der Waals surface area contributed by atoms with E-state index >= 15 is 0 Å². The predicted molar refractivity (Wildman–Crippen MR) is 61.0 cm³/mol. The highest BCUT2D eigenvalue weighted by Gasteiger charge is 2.08. The van der Waals surface area contributed by atoms with E-state index in [2.05, 4.69) is 32.5 Å². The topological polar surface area (TPSA) is 3.24 Å². The molecule has 0 heterocycles. The van der Waals surface area contributed by atoms with Crippen LogP contribution in [0.4, 0.5) is 0 Å². The summed E-state index contributed by atoms with van der Waals surface area (Å²) in [5.74, 6) is 0. The van der Waals surface area contributed by atoms with Gasteiger partial charge in [0.25, 0.3) is 0 Å². The van der Waals surface area contributed by atoms with Crippen molar-refractivity contribution in [1.82, 2.24) is 4.90 Å². The molecule has 0 fully saturated rings. The number of hydrogen-bond acceptors (Lipinski definition) is 1. The number of nitrogens with zero attached hydrogens (tertiary/aromatic N) is 1. The van der Waals surface area contributed by atoms with Crippen LogP contribution in [0.15, 0.2) is 12.7 Å². The van der Waals surface area contributed by atoms with Gasteiger partial charge in [-0.05, 0) is 33.4 Å². The van der Waals surface area contributed by atoms with Gasteiger partial charge in [0.05, 0.1) is 0 Å². The van der Waals surface area contributed by atoms with E-state index in [1.807, 2.05) is 6.08 Å². The van der Waals surface area contributed by atoms with Gasteiger partial charge in [-0.2, -0.15) is 0 Å². The standard InChI is InChI=1S/C12H25N/c1-5-7-9-11-12(13(3)4)10-8-6-2/h6,12H,2,5,7-11H2,1,3-4H3. The minimum atomic E-state index is 0.754.